The fourth-order valence-electron chi connectivity index (χ4n) is 3.33. The fourth-order valence-corrected chi connectivity index (χ4v) is 3.33. The van der Waals surface area contributed by atoms with Crippen LogP contribution in [0.4, 0.5) is 0 Å². The summed E-state index contributed by atoms with van der Waals surface area (Å²) < 4.78 is 0. The zero-order valence-corrected chi connectivity index (χ0v) is 15.7. The van der Waals surface area contributed by atoms with E-state index in [0.717, 1.165) is 18.4 Å². The van der Waals surface area contributed by atoms with E-state index < -0.39 is 0 Å². The molecule has 0 bridgehead atoms. The van der Waals surface area contributed by atoms with Gasteiger partial charge in [0.25, 0.3) is 0 Å². The summed E-state index contributed by atoms with van der Waals surface area (Å²) in [5, 5.41) is 19.1. The van der Waals surface area contributed by atoms with E-state index in [4.69, 9.17) is 0 Å². The third-order valence-corrected chi connectivity index (χ3v) is 4.92. The van der Waals surface area contributed by atoms with Crippen molar-refractivity contribution in [2.24, 2.45) is 10.9 Å². The minimum atomic E-state index is 0.0146. The third-order valence-electron chi connectivity index (χ3n) is 4.92. The number of rotatable bonds is 8. The predicted molar refractivity (Wildman–Crippen MR) is 105 cm³/mol. The molecule has 144 valence electrons. The van der Waals surface area contributed by atoms with E-state index in [0.29, 0.717) is 25.6 Å². The number of carbonyl (C=O) groups excluding carboxylic acids is 1. The number of aliphatic hydroxyl groups is 1. The second-order valence-corrected chi connectivity index (χ2v) is 6.80. The first-order valence-corrected chi connectivity index (χ1v) is 9.62. The second-order valence-electron chi connectivity index (χ2n) is 6.80. The van der Waals surface area contributed by atoms with E-state index in [9.17, 15) is 9.90 Å². The Hall–Kier alpha value is -2.08. The Morgan fingerprint density at radius 1 is 1.12 bits per heavy atom. The maximum absolute atomic E-state index is 12.1. The molecule has 0 radical (unpaired) electrons. The fraction of sp³-hybridized carbons (Fsp3) is 0.600. The standard InChI is InChI=1S/C20H32N4O2/c1-21-20(24-14-18(15-25)16-8-4-2-5-9-16)23-13-12-22-19(26)17-10-6-3-7-11-17/h2,4-5,8-9,17-18,25H,3,6-7,10-15H2,1H3,(H,22,26)(H2,21,23,24). The van der Waals surface area contributed by atoms with Crippen LogP contribution in [-0.2, 0) is 4.79 Å². The summed E-state index contributed by atoms with van der Waals surface area (Å²) in [5.41, 5.74) is 1.10. The number of carbonyl (C=O) groups is 1. The number of benzene rings is 1. The molecule has 1 amide bonds. The van der Waals surface area contributed by atoms with E-state index >= 15 is 0 Å². The molecule has 6 heteroatoms. The highest BCUT2D eigenvalue weighted by Crippen LogP contribution is 2.23. The molecule has 1 saturated carbocycles. The summed E-state index contributed by atoms with van der Waals surface area (Å²) in [6, 6.07) is 9.94. The minimum absolute atomic E-state index is 0.0146. The van der Waals surface area contributed by atoms with Gasteiger partial charge in [0.1, 0.15) is 0 Å². The van der Waals surface area contributed by atoms with Crippen molar-refractivity contribution in [1.29, 1.82) is 0 Å². The van der Waals surface area contributed by atoms with E-state index in [1.807, 2.05) is 30.3 Å². The van der Waals surface area contributed by atoms with E-state index in [1.165, 1.54) is 19.3 Å². The molecule has 0 aromatic heterocycles. The number of nitrogens with zero attached hydrogens (tertiary/aromatic N) is 1. The summed E-state index contributed by atoms with van der Waals surface area (Å²) in [5.74, 6) is 1.06. The predicted octanol–water partition coefficient (Wildman–Crippen LogP) is 1.62. The van der Waals surface area contributed by atoms with E-state index in [2.05, 4.69) is 20.9 Å². The van der Waals surface area contributed by atoms with Gasteiger partial charge in [-0.05, 0) is 18.4 Å². The highest BCUT2D eigenvalue weighted by molar-refractivity contribution is 5.80. The molecule has 1 aliphatic carbocycles. The lowest BCUT2D eigenvalue weighted by molar-refractivity contribution is -0.125. The van der Waals surface area contributed by atoms with Gasteiger partial charge in [-0.3, -0.25) is 9.79 Å². The smallest absolute Gasteiger partial charge is 0.223 e. The number of aliphatic imine (C=N–C) groups is 1. The van der Waals surface area contributed by atoms with Crippen molar-refractivity contribution in [3.63, 3.8) is 0 Å². The molecule has 6 nitrogen and oxygen atoms in total. The van der Waals surface area contributed by atoms with Crippen LogP contribution in [0.25, 0.3) is 0 Å². The molecular weight excluding hydrogens is 328 g/mol. The van der Waals surface area contributed by atoms with Crippen LogP contribution in [0, 0.1) is 5.92 Å². The van der Waals surface area contributed by atoms with Gasteiger partial charge in [0, 0.05) is 38.5 Å². The Bertz CT molecular complexity index is 556. The van der Waals surface area contributed by atoms with Gasteiger partial charge in [0.2, 0.25) is 5.91 Å². The summed E-state index contributed by atoms with van der Waals surface area (Å²) in [6.45, 7) is 1.87. The molecule has 0 spiro atoms. The minimum Gasteiger partial charge on any atom is -0.396 e. The summed E-state index contributed by atoms with van der Waals surface area (Å²) in [7, 11) is 1.71. The van der Waals surface area contributed by atoms with Crippen LogP contribution in [0.15, 0.2) is 35.3 Å². The maximum atomic E-state index is 12.1. The lowest BCUT2D eigenvalue weighted by atomic mass is 9.89. The van der Waals surface area contributed by atoms with Crippen molar-refractivity contribution in [1.82, 2.24) is 16.0 Å². The quantitative estimate of drug-likeness (QED) is 0.322. The molecule has 1 aromatic rings. The number of guanidine groups is 1. The average Bonchev–Trinajstić information content (AvgIpc) is 2.71. The van der Waals surface area contributed by atoms with Crippen LogP contribution in [-0.4, -0.2) is 50.3 Å². The van der Waals surface area contributed by atoms with Crippen LogP contribution < -0.4 is 16.0 Å². The van der Waals surface area contributed by atoms with Crippen molar-refractivity contribution in [2.75, 3.05) is 33.3 Å². The van der Waals surface area contributed by atoms with Crippen molar-refractivity contribution in [2.45, 2.75) is 38.0 Å². The summed E-state index contributed by atoms with van der Waals surface area (Å²) in [4.78, 5) is 16.3. The molecule has 0 saturated heterocycles. The van der Waals surface area contributed by atoms with Crippen molar-refractivity contribution in [3.05, 3.63) is 35.9 Å². The zero-order valence-electron chi connectivity index (χ0n) is 15.7. The molecule has 1 unspecified atom stereocenters. The first-order valence-electron chi connectivity index (χ1n) is 9.62. The molecule has 26 heavy (non-hydrogen) atoms. The molecule has 2 rings (SSSR count). The van der Waals surface area contributed by atoms with Crippen LogP contribution in [0.3, 0.4) is 0 Å². The topological polar surface area (TPSA) is 85.8 Å². The van der Waals surface area contributed by atoms with Gasteiger partial charge in [0.05, 0.1) is 6.61 Å². The van der Waals surface area contributed by atoms with Gasteiger partial charge >= 0.3 is 0 Å². The van der Waals surface area contributed by atoms with Crippen LogP contribution in [0.5, 0.6) is 0 Å². The number of amides is 1. The van der Waals surface area contributed by atoms with Gasteiger partial charge in [-0.1, -0.05) is 49.6 Å². The first-order chi connectivity index (χ1) is 12.7. The Labute approximate surface area is 156 Å². The lowest BCUT2D eigenvalue weighted by Crippen LogP contribution is -2.44. The van der Waals surface area contributed by atoms with Crippen molar-refractivity contribution >= 4 is 11.9 Å². The lowest BCUT2D eigenvalue weighted by Gasteiger charge is -2.21. The first kappa shape index (κ1) is 20.2. The molecule has 1 aromatic carbocycles. The zero-order chi connectivity index (χ0) is 18.6. The highest BCUT2D eigenvalue weighted by atomic mass is 16.3. The summed E-state index contributed by atoms with van der Waals surface area (Å²) in [6.07, 6.45) is 5.63. The van der Waals surface area contributed by atoms with Gasteiger partial charge in [-0.25, -0.2) is 0 Å². The normalized spacial score (nSPS) is 16.8. The van der Waals surface area contributed by atoms with Gasteiger partial charge in [-0.2, -0.15) is 0 Å². The Kier molecular flexibility index (Phi) is 8.96. The number of hydrogen-bond donors (Lipinski definition) is 4. The number of hydrogen-bond acceptors (Lipinski definition) is 3. The monoisotopic (exact) mass is 360 g/mol. The summed E-state index contributed by atoms with van der Waals surface area (Å²) >= 11 is 0. The van der Waals surface area contributed by atoms with E-state index in [-0.39, 0.29) is 24.3 Å². The average molecular weight is 361 g/mol. The molecular formula is C20H32N4O2. The molecule has 1 atom stereocenters. The third kappa shape index (κ3) is 6.67. The number of nitrogens with one attached hydrogen (secondary N) is 3. The number of aliphatic hydroxyl groups excluding tert-OH is 1. The SMILES string of the molecule is CN=C(NCCNC(=O)C1CCCCC1)NCC(CO)c1ccccc1. The molecule has 0 heterocycles. The largest absolute Gasteiger partial charge is 0.396 e. The van der Waals surface area contributed by atoms with E-state index in [1.54, 1.807) is 7.05 Å². The van der Waals surface area contributed by atoms with Crippen LogP contribution in [0.1, 0.15) is 43.6 Å². The molecule has 1 aliphatic rings. The molecule has 1 fully saturated rings. The van der Waals surface area contributed by atoms with Gasteiger partial charge in [-0.15, -0.1) is 0 Å². The highest BCUT2D eigenvalue weighted by Gasteiger charge is 2.20. The van der Waals surface area contributed by atoms with Crippen molar-refractivity contribution < 1.29 is 9.90 Å². The van der Waals surface area contributed by atoms with Crippen molar-refractivity contribution in [3.8, 4) is 0 Å². The molecule has 4 N–H and O–H groups in total. The second kappa shape index (κ2) is 11.5. The van der Waals surface area contributed by atoms with Gasteiger partial charge < -0.3 is 21.1 Å². The Balaban J connectivity index is 1.66. The van der Waals surface area contributed by atoms with Crippen LogP contribution in [0.2, 0.25) is 0 Å². The Morgan fingerprint density at radius 3 is 2.46 bits per heavy atom. The molecule has 0 aliphatic heterocycles. The van der Waals surface area contributed by atoms with Crippen LogP contribution >= 0.6 is 0 Å². The Morgan fingerprint density at radius 2 is 1.81 bits per heavy atom. The maximum Gasteiger partial charge on any atom is 0.223 e. The van der Waals surface area contributed by atoms with Gasteiger partial charge in [0.15, 0.2) is 5.96 Å².